The van der Waals surface area contributed by atoms with E-state index in [1.54, 1.807) is 11.8 Å². The van der Waals surface area contributed by atoms with Crippen LogP contribution in [0.2, 0.25) is 0 Å². The zero-order valence-corrected chi connectivity index (χ0v) is 15.7. The number of carbonyl (C=O) groups is 1. The highest BCUT2D eigenvalue weighted by molar-refractivity contribution is 7.99. The third-order valence-corrected chi connectivity index (χ3v) is 5.52. The molecule has 1 fully saturated rings. The highest BCUT2D eigenvalue weighted by atomic mass is 32.2. The fourth-order valence-electron chi connectivity index (χ4n) is 2.82. The van der Waals surface area contributed by atoms with Gasteiger partial charge in [0.2, 0.25) is 0 Å². The SMILES string of the molecule is Cc1ccc(Sc2ccc(NC(=O)NC3CNCC3C#N)cc2)cc1C. The summed E-state index contributed by atoms with van der Waals surface area (Å²) in [6.07, 6.45) is 0. The molecule has 0 bridgehead atoms. The first kappa shape index (κ1) is 18.3. The fourth-order valence-corrected chi connectivity index (χ4v) is 3.74. The van der Waals surface area contributed by atoms with Crippen LogP contribution in [-0.4, -0.2) is 25.2 Å². The van der Waals surface area contributed by atoms with Crippen LogP contribution < -0.4 is 16.0 Å². The summed E-state index contributed by atoms with van der Waals surface area (Å²) < 4.78 is 0. The molecular weight excluding hydrogens is 344 g/mol. The van der Waals surface area contributed by atoms with E-state index in [9.17, 15) is 4.79 Å². The van der Waals surface area contributed by atoms with Crippen molar-refractivity contribution in [2.24, 2.45) is 5.92 Å². The number of nitrogens with zero attached hydrogens (tertiary/aromatic N) is 1. The zero-order chi connectivity index (χ0) is 18.5. The van der Waals surface area contributed by atoms with Crippen molar-refractivity contribution in [2.45, 2.75) is 29.7 Å². The molecule has 0 saturated carbocycles. The Balaban J connectivity index is 1.56. The number of amides is 2. The van der Waals surface area contributed by atoms with Gasteiger partial charge in [-0.25, -0.2) is 4.79 Å². The first-order valence-corrected chi connectivity index (χ1v) is 9.40. The second-order valence-electron chi connectivity index (χ2n) is 6.47. The van der Waals surface area contributed by atoms with Gasteiger partial charge in [-0.15, -0.1) is 0 Å². The highest BCUT2D eigenvalue weighted by Gasteiger charge is 2.28. The standard InChI is InChI=1S/C20H22N4OS/c1-13-3-6-18(9-14(13)2)26-17-7-4-16(5-8-17)23-20(25)24-19-12-22-11-15(19)10-21/h3-9,15,19,22H,11-12H2,1-2H3,(H2,23,24,25). The smallest absolute Gasteiger partial charge is 0.319 e. The maximum atomic E-state index is 12.1. The number of carbonyl (C=O) groups excluding carboxylic acids is 1. The average Bonchev–Trinajstić information content (AvgIpc) is 3.07. The molecule has 3 N–H and O–H groups in total. The molecule has 3 rings (SSSR count). The molecule has 0 aromatic heterocycles. The molecule has 5 nitrogen and oxygen atoms in total. The average molecular weight is 366 g/mol. The number of nitriles is 1. The van der Waals surface area contributed by atoms with Gasteiger partial charge in [0.25, 0.3) is 0 Å². The van der Waals surface area contributed by atoms with Gasteiger partial charge in [0.05, 0.1) is 18.0 Å². The Kier molecular flexibility index (Phi) is 5.82. The molecule has 1 aliphatic heterocycles. The van der Waals surface area contributed by atoms with Crippen LogP contribution in [-0.2, 0) is 0 Å². The van der Waals surface area contributed by atoms with Gasteiger partial charge in [0, 0.05) is 28.6 Å². The summed E-state index contributed by atoms with van der Waals surface area (Å²) >= 11 is 1.69. The molecule has 2 unspecified atom stereocenters. The minimum Gasteiger partial charge on any atom is -0.332 e. The van der Waals surface area contributed by atoms with Gasteiger partial charge in [-0.05, 0) is 61.4 Å². The number of hydrogen-bond donors (Lipinski definition) is 3. The molecule has 2 amide bonds. The molecule has 134 valence electrons. The summed E-state index contributed by atoms with van der Waals surface area (Å²) in [5, 5.41) is 17.9. The van der Waals surface area contributed by atoms with E-state index < -0.39 is 0 Å². The Bertz CT molecular complexity index is 829. The minimum atomic E-state index is -0.284. The number of benzene rings is 2. The van der Waals surface area contributed by atoms with Gasteiger partial charge in [0.1, 0.15) is 0 Å². The number of rotatable bonds is 4. The van der Waals surface area contributed by atoms with Gasteiger partial charge in [-0.3, -0.25) is 0 Å². The van der Waals surface area contributed by atoms with Gasteiger partial charge < -0.3 is 16.0 Å². The second kappa shape index (κ2) is 8.26. The number of nitrogens with one attached hydrogen (secondary N) is 3. The molecular formula is C20H22N4OS. The summed E-state index contributed by atoms with van der Waals surface area (Å²) in [6.45, 7) is 5.46. The first-order chi connectivity index (χ1) is 12.5. The second-order valence-corrected chi connectivity index (χ2v) is 7.62. The molecule has 0 spiro atoms. The quantitative estimate of drug-likeness (QED) is 0.771. The normalized spacial score (nSPS) is 19.0. The Labute approximate surface area is 158 Å². The van der Waals surface area contributed by atoms with Gasteiger partial charge in [-0.1, -0.05) is 17.8 Å². The third kappa shape index (κ3) is 4.57. The van der Waals surface area contributed by atoms with Crippen LogP contribution in [0.5, 0.6) is 0 Å². The molecule has 0 radical (unpaired) electrons. The first-order valence-electron chi connectivity index (χ1n) is 8.58. The van der Waals surface area contributed by atoms with E-state index in [4.69, 9.17) is 5.26 Å². The van der Waals surface area contributed by atoms with E-state index in [2.05, 4.69) is 54.1 Å². The third-order valence-electron chi connectivity index (χ3n) is 4.52. The van der Waals surface area contributed by atoms with Crippen LogP contribution in [0.3, 0.4) is 0 Å². The molecule has 1 heterocycles. The Morgan fingerprint density at radius 3 is 2.54 bits per heavy atom. The lowest BCUT2D eigenvalue weighted by atomic mass is 10.1. The monoisotopic (exact) mass is 366 g/mol. The van der Waals surface area contributed by atoms with Crippen LogP contribution in [0, 0.1) is 31.1 Å². The summed E-state index contributed by atoms with van der Waals surface area (Å²) in [5.74, 6) is -0.183. The van der Waals surface area contributed by atoms with Crippen molar-refractivity contribution >= 4 is 23.5 Å². The molecule has 6 heteroatoms. The summed E-state index contributed by atoms with van der Waals surface area (Å²) in [7, 11) is 0. The zero-order valence-electron chi connectivity index (χ0n) is 14.9. The van der Waals surface area contributed by atoms with E-state index in [-0.39, 0.29) is 18.0 Å². The van der Waals surface area contributed by atoms with Crippen molar-refractivity contribution in [3.63, 3.8) is 0 Å². The number of anilines is 1. The molecule has 0 aliphatic carbocycles. The van der Waals surface area contributed by atoms with Gasteiger partial charge in [0.15, 0.2) is 0 Å². The molecule has 26 heavy (non-hydrogen) atoms. The van der Waals surface area contributed by atoms with Crippen LogP contribution in [0.15, 0.2) is 52.3 Å². The molecule has 2 aromatic carbocycles. The lowest BCUT2D eigenvalue weighted by molar-refractivity contribution is 0.248. The van der Waals surface area contributed by atoms with Gasteiger partial charge >= 0.3 is 6.03 Å². The van der Waals surface area contributed by atoms with E-state index in [1.807, 2.05) is 24.3 Å². The van der Waals surface area contributed by atoms with Crippen molar-refractivity contribution in [2.75, 3.05) is 18.4 Å². The largest absolute Gasteiger partial charge is 0.332 e. The van der Waals surface area contributed by atoms with Crippen LogP contribution in [0.1, 0.15) is 11.1 Å². The van der Waals surface area contributed by atoms with Crippen molar-refractivity contribution in [3.05, 3.63) is 53.6 Å². The topological polar surface area (TPSA) is 77.0 Å². The van der Waals surface area contributed by atoms with Crippen molar-refractivity contribution in [1.82, 2.24) is 10.6 Å². The molecule has 2 atom stereocenters. The lowest BCUT2D eigenvalue weighted by Crippen LogP contribution is -2.42. The Morgan fingerprint density at radius 2 is 1.85 bits per heavy atom. The summed E-state index contributed by atoms with van der Waals surface area (Å²) in [6, 6.07) is 16.0. The van der Waals surface area contributed by atoms with E-state index in [0.29, 0.717) is 13.1 Å². The Hall–Kier alpha value is -2.49. The molecule has 1 aliphatic rings. The number of hydrogen-bond acceptors (Lipinski definition) is 4. The van der Waals surface area contributed by atoms with Crippen LogP contribution in [0.25, 0.3) is 0 Å². The van der Waals surface area contributed by atoms with E-state index in [1.165, 1.54) is 16.0 Å². The number of urea groups is 1. The van der Waals surface area contributed by atoms with Crippen LogP contribution >= 0.6 is 11.8 Å². The van der Waals surface area contributed by atoms with Crippen molar-refractivity contribution in [3.8, 4) is 6.07 Å². The summed E-state index contributed by atoms with van der Waals surface area (Å²) in [5.41, 5.74) is 3.30. The maximum Gasteiger partial charge on any atom is 0.319 e. The Morgan fingerprint density at radius 1 is 1.12 bits per heavy atom. The fraction of sp³-hybridized carbons (Fsp3) is 0.300. The molecule has 1 saturated heterocycles. The summed E-state index contributed by atoms with van der Waals surface area (Å²) in [4.78, 5) is 14.4. The lowest BCUT2D eigenvalue weighted by Gasteiger charge is -2.15. The molecule has 2 aromatic rings. The highest BCUT2D eigenvalue weighted by Crippen LogP contribution is 2.29. The predicted molar refractivity (Wildman–Crippen MR) is 104 cm³/mol. The van der Waals surface area contributed by atoms with E-state index in [0.717, 1.165) is 10.6 Å². The maximum absolute atomic E-state index is 12.1. The van der Waals surface area contributed by atoms with Gasteiger partial charge in [-0.2, -0.15) is 5.26 Å². The van der Waals surface area contributed by atoms with Crippen molar-refractivity contribution < 1.29 is 4.79 Å². The predicted octanol–water partition coefficient (Wildman–Crippen LogP) is 3.69. The van der Waals surface area contributed by atoms with Crippen molar-refractivity contribution in [1.29, 1.82) is 5.26 Å². The minimum absolute atomic E-state index is 0.153. The van der Waals surface area contributed by atoms with Crippen LogP contribution in [0.4, 0.5) is 10.5 Å². The van der Waals surface area contributed by atoms with E-state index >= 15 is 0 Å². The number of aryl methyl sites for hydroxylation is 2.